The number of hydrogen-bond acceptors (Lipinski definition) is 37. The molecule has 36 atom stereocenters. The van der Waals surface area contributed by atoms with E-state index >= 15 is 0 Å². The van der Waals surface area contributed by atoms with E-state index in [0.29, 0.717) is 0 Å². The molecular formula is C44H74O37. The maximum Gasteiger partial charge on any atom is 0.187 e. The molecule has 8 fully saturated rings. The molecule has 8 aliphatic rings. The largest absolute Gasteiger partial charge is 0.394 e. The topological polar surface area (TPSA) is 584 Å². The van der Waals surface area contributed by atoms with E-state index in [1.54, 1.807) is 0 Å². The van der Waals surface area contributed by atoms with Gasteiger partial charge in [-0.15, -0.1) is 0 Å². The van der Waals surface area contributed by atoms with Gasteiger partial charge in [0.15, 0.2) is 50.3 Å². The monoisotopic (exact) mass is 1190 g/mol. The molecule has 8 rings (SSSR count). The lowest BCUT2D eigenvalue weighted by Gasteiger charge is -2.49. The van der Waals surface area contributed by atoms with Gasteiger partial charge >= 0.3 is 0 Å². The standard InChI is InChI=1S/C44H74O37/c45-1-12-20(52)23(55)30(62)41(74-12)81-36-19(51)11(48)4-70-44(36)73-8-16-35(25(57)32(64)40(77-16)75-13-5-67-37(66)27(59)22(13)54)80-43-33(65)26(58)34(15(78-43)7-72-39-29(61)18(50)10(47)3-69-39)79-42-31(63)24(56)21(53)14(76-42)6-71-38-28(60)17(49)9(46)2-68-38/h9-66H,1-8H2/t9-,10-,11-,12-,13-,14-,15-,16-,17+,18+,19+,20+,21-,22+,23+,24+,25-,26-,27-,28-,29-,30-,31-,32-,33-,34-,35-,36-,37+,38-,39-,40-,41+,42+,43+,44-/m1/s1. The van der Waals surface area contributed by atoms with Gasteiger partial charge in [-0.1, -0.05) is 0 Å². The van der Waals surface area contributed by atoms with Crippen LogP contribution in [0.25, 0.3) is 0 Å². The van der Waals surface area contributed by atoms with Crippen molar-refractivity contribution in [2.45, 2.75) is 221 Å². The van der Waals surface area contributed by atoms with E-state index in [1.165, 1.54) is 0 Å². The van der Waals surface area contributed by atoms with Gasteiger partial charge < -0.3 is 183 Å². The maximum absolute atomic E-state index is 11.8. The Kier molecular flexibility index (Phi) is 22.7. The lowest BCUT2D eigenvalue weighted by molar-refractivity contribution is -0.393. The molecule has 0 aliphatic carbocycles. The Balaban J connectivity index is 1.04. The predicted octanol–water partition coefficient (Wildman–Crippen LogP) is -15.9. The van der Waals surface area contributed by atoms with Crippen molar-refractivity contribution in [2.75, 3.05) is 52.9 Å². The van der Waals surface area contributed by atoms with Gasteiger partial charge in [0.1, 0.15) is 171 Å². The van der Waals surface area contributed by atoms with Crippen LogP contribution in [0.1, 0.15) is 0 Å². The van der Waals surface area contributed by atoms with Crippen LogP contribution in [0, 0.1) is 0 Å². The molecular weight excluding hydrogens is 1120 g/mol. The Morgan fingerprint density at radius 2 is 0.630 bits per heavy atom. The van der Waals surface area contributed by atoms with Crippen LogP contribution in [-0.4, -0.2) is 386 Å². The van der Waals surface area contributed by atoms with Crippen molar-refractivity contribution < 1.29 is 183 Å². The molecule has 8 aliphatic heterocycles. The lowest BCUT2D eigenvalue weighted by Crippen LogP contribution is -2.67. The zero-order valence-electron chi connectivity index (χ0n) is 42.4. The third-order valence-electron chi connectivity index (χ3n) is 15.0. The molecule has 0 aromatic heterocycles. The summed E-state index contributed by atoms with van der Waals surface area (Å²) in [7, 11) is 0. The molecule has 37 nitrogen and oxygen atoms in total. The van der Waals surface area contributed by atoms with Gasteiger partial charge in [0.2, 0.25) is 0 Å². The maximum atomic E-state index is 11.8. The molecule has 37 heteroatoms. The molecule has 0 aromatic carbocycles. The number of rotatable bonds is 18. The first-order chi connectivity index (χ1) is 38.3. The molecule has 0 unspecified atom stereocenters. The fourth-order valence-corrected chi connectivity index (χ4v) is 10.00. The van der Waals surface area contributed by atoms with Crippen LogP contribution in [0.5, 0.6) is 0 Å². The highest BCUT2D eigenvalue weighted by Gasteiger charge is 2.57. The molecule has 0 bridgehead atoms. The third kappa shape index (κ3) is 14.3. The average molecular weight is 1200 g/mol. The minimum absolute atomic E-state index is 0.488. The smallest absolute Gasteiger partial charge is 0.187 e. The first-order valence-electron chi connectivity index (χ1n) is 25.8. The normalized spacial score (nSPS) is 54.0. The first-order valence-corrected chi connectivity index (χ1v) is 25.8. The fourth-order valence-electron chi connectivity index (χ4n) is 10.00. The average Bonchev–Trinajstić information content (AvgIpc) is 3.45. The van der Waals surface area contributed by atoms with Crippen LogP contribution in [0.4, 0.5) is 0 Å². The second kappa shape index (κ2) is 28.1. The minimum atomic E-state index is -2.35. The second-order valence-corrected chi connectivity index (χ2v) is 20.7. The third-order valence-corrected chi connectivity index (χ3v) is 15.0. The number of aliphatic hydroxyl groups is 22. The highest BCUT2D eigenvalue weighted by Crippen LogP contribution is 2.36. The Bertz CT molecular complexity index is 1920. The van der Waals surface area contributed by atoms with E-state index in [9.17, 15) is 112 Å². The Labute approximate surface area is 457 Å². The van der Waals surface area contributed by atoms with E-state index in [4.69, 9.17) is 71.1 Å². The molecule has 0 aromatic rings. The Morgan fingerprint density at radius 1 is 0.272 bits per heavy atom. The van der Waals surface area contributed by atoms with Gasteiger partial charge in [-0.2, -0.15) is 0 Å². The molecule has 22 N–H and O–H groups in total. The fraction of sp³-hybridized carbons (Fsp3) is 1.00. The van der Waals surface area contributed by atoms with Crippen LogP contribution in [-0.2, 0) is 71.1 Å². The zero-order chi connectivity index (χ0) is 59.0. The SMILES string of the molecule is OC[C@H]1O[C@@H](O[C@H]2[C@@H](OC[C@H]3O[C@@H](O[C@@H]4CO[C@H](O)[C@H](O)[C@H]4O)[C@H](O)[C@@H](O)[C@@H]3O[C@@H]3O[C@H](CO[C@H]4OC[C@@H](O)[C@H](O)[C@H]4O)[C@@H](O[C@@H]4O[C@H](CO[C@H]5OC[C@@H](O)[C@H](O)[C@H]5O)[C@@H](O)[C@H](O)[C@H]4O)[C@H](O)[C@H]3O)OC[C@@H](O)[C@@H]2O)[C@H](O)[C@@H](O)[C@H]1O. The summed E-state index contributed by atoms with van der Waals surface area (Å²) < 4.78 is 84.6. The number of ether oxygens (including phenoxy) is 15. The van der Waals surface area contributed by atoms with Gasteiger partial charge in [0.25, 0.3) is 0 Å². The quantitative estimate of drug-likeness (QED) is 0.0606. The summed E-state index contributed by atoms with van der Waals surface area (Å²) >= 11 is 0. The minimum Gasteiger partial charge on any atom is -0.394 e. The summed E-state index contributed by atoms with van der Waals surface area (Å²) in [5.74, 6) is 0. The predicted molar refractivity (Wildman–Crippen MR) is 240 cm³/mol. The zero-order valence-corrected chi connectivity index (χ0v) is 42.4. The van der Waals surface area contributed by atoms with Crippen molar-refractivity contribution in [1.29, 1.82) is 0 Å². The Morgan fingerprint density at radius 3 is 1.11 bits per heavy atom. The van der Waals surface area contributed by atoms with Crippen LogP contribution in [0.15, 0.2) is 0 Å². The number of hydrogen-bond donors (Lipinski definition) is 22. The summed E-state index contributed by atoms with van der Waals surface area (Å²) in [6, 6.07) is 0. The van der Waals surface area contributed by atoms with Gasteiger partial charge in [-0.25, -0.2) is 0 Å². The molecule has 8 heterocycles. The first kappa shape index (κ1) is 65.5. The molecule has 81 heavy (non-hydrogen) atoms. The van der Waals surface area contributed by atoms with Crippen LogP contribution in [0.2, 0.25) is 0 Å². The molecule has 0 spiro atoms. The van der Waals surface area contributed by atoms with Crippen molar-refractivity contribution in [1.82, 2.24) is 0 Å². The van der Waals surface area contributed by atoms with Crippen molar-refractivity contribution in [3.8, 4) is 0 Å². The van der Waals surface area contributed by atoms with Gasteiger partial charge in [-0.05, 0) is 0 Å². The molecule has 8 saturated heterocycles. The summed E-state index contributed by atoms with van der Waals surface area (Å²) in [5, 5.41) is 235. The van der Waals surface area contributed by atoms with Crippen molar-refractivity contribution in [2.24, 2.45) is 0 Å². The Hall–Kier alpha value is -1.48. The second-order valence-electron chi connectivity index (χ2n) is 20.7. The van der Waals surface area contributed by atoms with Gasteiger partial charge in [0.05, 0.1) is 52.9 Å². The van der Waals surface area contributed by atoms with Gasteiger partial charge in [0, 0.05) is 0 Å². The van der Waals surface area contributed by atoms with Crippen molar-refractivity contribution in [3.63, 3.8) is 0 Å². The van der Waals surface area contributed by atoms with Crippen molar-refractivity contribution >= 4 is 0 Å². The highest BCUT2D eigenvalue weighted by atomic mass is 16.8. The molecule has 0 saturated carbocycles. The summed E-state index contributed by atoms with van der Waals surface area (Å²) in [6.07, 6.45) is -68.9. The van der Waals surface area contributed by atoms with E-state index in [2.05, 4.69) is 0 Å². The van der Waals surface area contributed by atoms with E-state index in [0.717, 1.165) is 0 Å². The van der Waals surface area contributed by atoms with Gasteiger partial charge in [-0.3, -0.25) is 0 Å². The van der Waals surface area contributed by atoms with Crippen molar-refractivity contribution in [3.05, 3.63) is 0 Å². The molecule has 0 radical (unpaired) electrons. The van der Waals surface area contributed by atoms with E-state index in [-0.39, 0.29) is 0 Å². The molecule has 472 valence electrons. The summed E-state index contributed by atoms with van der Waals surface area (Å²) in [5.41, 5.74) is 0. The summed E-state index contributed by atoms with van der Waals surface area (Å²) in [4.78, 5) is 0. The summed E-state index contributed by atoms with van der Waals surface area (Å²) in [6.45, 7) is -5.85. The van der Waals surface area contributed by atoms with E-state index < -0.39 is 274 Å². The van der Waals surface area contributed by atoms with Crippen LogP contribution < -0.4 is 0 Å². The lowest BCUT2D eigenvalue weighted by atomic mass is 9.95. The van der Waals surface area contributed by atoms with E-state index in [1.807, 2.05) is 0 Å². The van der Waals surface area contributed by atoms with Crippen LogP contribution >= 0.6 is 0 Å². The highest BCUT2D eigenvalue weighted by molar-refractivity contribution is 4.99. The van der Waals surface area contributed by atoms with Crippen LogP contribution in [0.3, 0.4) is 0 Å². The number of aliphatic hydroxyl groups excluding tert-OH is 22. The molecule has 0 amide bonds.